The molecule has 1 heterocycles. The molecule has 1 aliphatic rings. The molecule has 0 spiro atoms. The third kappa shape index (κ3) is 3.41. The van der Waals surface area contributed by atoms with Crippen LogP contribution in [0.4, 0.5) is 17.6 Å². The van der Waals surface area contributed by atoms with Crippen molar-refractivity contribution in [3.8, 4) is 10.6 Å². The second-order valence-electron chi connectivity index (χ2n) is 4.99. The van der Waals surface area contributed by atoms with Crippen LogP contribution < -0.4 is 5.32 Å². The number of hydrogen-bond donors (Lipinski definition) is 1. The van der Waals surface area contributed by atoms with Crippen molar-refractivity contribution in [2.24, 2.45) is 0 Å². The summed E-state index contributed by atoms with van der Waals surface area (Å²) in [6.07, 6.45) is -2.21. The molecule has 112 valence electrons. The lowest BCUT2D eigenvalue weighted by atomic mass is 10.1. The summed E-state index contributed by atoms with van der Waals surface area (Å²) < 4.78 is 51.8. The Labute approximate surface area is 122 Å². The van der Waals surface area contributed by atoms with E-state index in [1.54, 1.807) is 5.38 Å². The molecule has 1 fully saturated rings. The van der Waals surface area contributed by atoms with Crippen LogP contribution in [0, 0.1) is 5.82 Å². The standard InChI is InChI=1S/C14H12F4N2S/c15-12-4-1-8(14(16,17)18)5-11(12)13-20-10(7-21-13)6-19-9-2-3-9/h1,4-5,7,9,19H,2-3,6H2. The van der Waals surface area contributed by atoms with E-state index in [1.807, 2.05) is 0 Å². The number of thiazole rings is 1. The molecule has 1 saturated carbocycles. The van der Waals surface area contributed by atoms with Crippen LogP contribution in [-0.4, -0.2) is 11.0 Å². The summed E-state index contributed by atoms with van der Waals surface area (Å²) in [6.45, 7) is 0.557. The Balaban J connectivity index is 1.84. The van der Waals surface area contributed by atoms with Crippen LogP contribution in [0.2, 0.25) is 0 Å². The number of nitrogens with one attached hydrogen (secondary N) is 1. The lowest BCUT2D eigenvalue weighted by molar-refractivity contribution is -0.137. The van der Waals surface area contributed by atoms with E-state index in [9.17, 15) is 17.6 Å². The number of benzene rings is 1. The van der Waals surface area contributed by atoms with Gasteiger partial charge in [-0.1, -0.05) is 0 Å². The Hall–Kier alpha value is -1.47. The van der Waals surface area contributed by atoms with Gasteiger partial charge >= 0.3 is 6.18 Å². The molecule has 0 amide bonds. The maximum Gasteiger partial charge on any atom is 0.416 e. The van der Waals surface area contributed by atoms with Gasteiger partial charge in [0.05, 0.1) is 11.3 Å². The first-order chi connectivity index (χ1) is 9.93. The van der Waals surface area contributed by atoms with E-state index >= 15 is 0 Å². The first-order valence-corrected chi connectivity index (χ1v) is 7.36. The Morgan fingerprint density at radius 2 is 2.05 bits per heavy atom. The van der Waals surface area contributed by atoms with Gasteiger partial charge in [0.25, 0.3) is 0 Å². The smallest absolute Gasteiger partial charge is 0.308 e. The van der Waals surface area contributed by atoms with Crippen LogP contribution in [0.25, 0.3) is 10.6 Å². The SMILES string of the molecule is Fc1ccc(C(F)(F)F)cc1-c1nc(CNC2CC2)cs1. The first-order valence-electron chi connectivity index (χ1n) is 6.48. The minimum Gasteiger partial charge on any atom is -0.308 e. The fourth-order valence-electron chi connectivity index (χ4n) is 1.91. The molecule has 0 bridgehead atoms. The zero-order chi connectivity index (χ0) is 15.0. The van der Waals surface area contributed by atoms with E-state index in [2.05, 4.69) is 10.3 Å². The molecular formula is C14H12F4N2S. The Morgan fingerprint density at radius 1 is 1.29 bits per heavy atom. The van der Waals surface area contributed by atoms with Crippen molar-refractivity contribution in [1.82, 2.24) is 10.3 Å². The quantitative estimate of drug-likeness (QED) is 0.854. The molecule has 21 heavy (non-hydrogen) atoms. The third-order valence-electron chi connectivity index (χ3n) is 3.23. The second-order valence-corrected chi connectivity index (χ2v) is 5.85. The molecule has 2 aromatic rings. The van der Waals surface area contributed by atoms with Gasteiger partial charge in [-0.05, 0) is 31.0 Å². The Kier molecular flexibility index (Phi) is 3.71. The average molecular weight is 316 g/mol. The van der Waals surface area contributed by atoms with Crippen LogP contribution in [0.5, 0.6) is 0 Å². The highest BCUT2D eigenvalue weighted by molar-refractivity contribution is 7.13. The van der Waals surface area contributed by atoms with Crippen molar-refractivity contribution >= 4 is 11.3 Å². The van der Waals surface area contributed by atoms with Crippen LogP contribution in [-0.2, 0) is 12.7 Å². The normalized spacial score (nSPS) is 15.4. The molecule has 1 aromatic carbocycles. The molecule has 2 nitrogen and oxygen atoms in total. The van der Waals surface area contributed by atoms with Gasteiger partial charge in [0.1, 0.15) is 10.8 Å². The number of hydrogen-bond acceptors (Lipinski definition) is 3. The van der Waals surface area contributed by atoms with Gasteiger partial charge in [-0.15, -0.1) is 11.3 Å². The summed E-state index contributed by atoms with van der Waals surface area (Å²) in [5, 5.41) is 5.27. The molecule has 0 atom stereocenters. The second kappa shape index (κ2) is 5.38. The molecule has 1 N–H and O–H groups in total. The predicted octanol–water partition coefficient (Wildman–Crippen LogP) is 4.22. The zero-order valence-electron chi connectivity index (χ0n) is 10.9. The van der Waals surface area contributed by atoms with Crippen molar-refractivity contribution in [1.29, 1.82) is 0 Å². The summed E-state index contributed by atoms with van der Waals surface area (Å²) in [5.41, 5.74) is -0.252. The van der Waals surface area contributed by atoms with Crippen molar-refractivity contribution in [2.45, 2.75) is 31.6 Å². The maximum absolute atomic E-state index is 13.8. The van der Waals surface area contributed by atoms with E-state index < -0.39 is 17.6 Å². The maximum atomic E-state index is 13.8. The number of nitrogens with zero attached hydrogens (tertiary/aromatic N) is 1. The van der Waals surface area contributed by atoms with Gasteiger partial charge < -0.3 is 5.32 Å². The topological polar surface area (TPSA) is 24.9 Å². The highest BCUT2D eigenvalue weighted by atomic mass is 32.1. The highest BCUT2D eigenvalue weighted by Gasteiger charge is 2.31. The Morgan fingerprint density at radius 3 is 2.71 bits per heavy atom. The lowest BCUT2D eigenvalue weighted by Crippen LogP contribution is -2.15. The minimum atomic E-state index is -4.49. The molecule has 1 aliphatic carbocycles. The van der Waals surface area contributed by atoms with Crippen LogP contribution in [0.15, 0.2) is 23.6 Å². The van der Waals surface area contributed by atoms with Crippen LogP contribution >= 0.6 is 11.3 Å². The first kappa shape index (κ1) is 14.5. The molecule has 0 saturated heterocycles. The van der Waals surface area contributed by atoms with Crippen molar-refractivity contribution in [3.63, 3.8) is 0 Å². The van der Waals surface area contributed by atoms with E-state index in [-0.39, 0.29) is 10.6 Å². The van der Waals surface area contributed by atoms with Gasteiger partial charge in [0.15, 0.2) is 0 Å². The Bertz CT molecular complexity index is 647. The van der Waals surface area contributed by atoms with Crippen LogP contribution in [0.1, 0.15) is 24.1 Å². The highest BCUT2D eigenvalue weighted by Crippen LogP contribution is 2.34. The number of rotatable bonds is 4. The summed E-state index contributed by atoms with van der Waals surface area (Å²) in [7, 11) is 0. The van der Waals surface area contributed by atoms with Gasteiger partial charge in [-0.3, -0.25) is 0 Å². The number of alkyl halides is 3. The average Bonchev–Trinajstić information content (AvgIpc) is 3.13. The fraction of sp³-hybridized carbons (Fsp3) is 0.357. The lowest BCUT2D eigenvalue weighted by Gasteiger charge is -2.08. The van der Waals surface area contributed by atoms with Gasteiger partial charge in [0, 0.05) is 23.5 Å². The van der Waals surface area contributed by atoms with E-state index in [1.165, 1.54) is 0 Å². The van der Waals surface area contributed by atoms with E-state index in [4.69, 9.17) is 0 Å². The van der Waals surface area contributed by atoms with Gasteiger partial charge in [0.2, 0.25) is 0 Å². The largest absolute Gasteiger partial charge is 0.416 e. The molecule has 1 aromatic heterocycles. The van der Waals surface area contributed by atoms with E-state index in [0.29, 0.717) is 12.6 Å². The minimum absolute atomic E-state index is 0.104. The zero-order valence-corrected chi connectivity index (χ0v) is 11.7. The molecular weight excluding hydrogens is 304 g/mol. The monoisotopic (exact) mass is 316 g/mol. The van der Waals surface area contributed by atoms with Crippen molar-refractivity contribution in [3.05, 3.63) is 40.7 Å². The molecule has 0 unspecified atom stereocenters. The summed E-state index contributed by atoms with van der Waals surface area (Å²) in [6, 6.07) is 2.90. The van der Waals surface area contributed by atoms with Gasteiger partial charge in [-0.2, -0.15) is 13.2 Å². The van der Waals surface area contributed by atoms with Crippen molar-refractivity contribution in [2.75, 3.05) is 0 Å². The van der Waals surface area contributed by atoms with Gasteiger partial charge in [-0.25, -0.2) is 9.37 Å². The molecule has 0 aliphatic heterocycles. The molecule has 3 rings (SSSR count). The summed E-state index contributed by atoms with van der Waals surface area (Å²) in [4.78, 5) is 4.21. The summed E-state index contributed by atoms with van der Waals surface area (Å²) in [5.74, 6) is -0.695. The van der Waals surface area contributed by atoms with Crippen LogP contribution in [0.3, 0.4) is 0 Å². The molecule has 7 heteroatoms. The number of aromatic nitrogens is 1. The summed E-state index contributed by atoms with van der Waals surface area (Å²) >= 11 is 1.15. The fourth-order valence-corrected chi connectivity index (χ4v) is 2.75. The van der Waals surface area contributed by atoms with E-state index in [0.717, 1.165) is 48.1 Å². The predicted molar refractivity (Wildman–Crippen MR) is 72.4 cm³/mol. The third-order valence-corrected chi connectivity index (χ3v) is 4.15. The van der Waals surface area contributed by atoms with Crippen molar-refractivity contribution < 1.29 is 17.6 Å². The number of halogens is 4. The molecule has 0 radical (unpaired) electrons.